The maximum absolute atomic E-state index is 9.38. The Morgan fingerprint density at radius 1 is 1.50 bits per heavy atom. The molecule has 72 valence electrons. The molecule has 3 atom stereocenters. The minimum atomic E-state index is -0.0403. The highest BCUT2D eigenvalue weighted by Crippen LogP contribution is 2.24. The van der Waals surface area contributed by atoms with Crippen LogP contribution in [0.2, 0.25) is 0 Å². The summed E-state index contributed by atoms with van der Waals surface area (Å²) in [6, 6.07) is 1.27. The summed E-state index contributed by atoms with van der Waals surface area (Å²) < 4.78 is 0. The van der Waals surface area contributed by atoms with Gasteiger partial charge in [-0.15, -0.1) is 0 Å². The molecule has 1 N–H and O–H groups in total. The van der Waals surface area contributed by atoms with Gasteiger partial charge in [-0.3, -0.25) is 0 Å². The van der Waals surface area contributed by atoms with Crippen LogP contribution >= 0.6 is 0 Å². The van der Waals surface area contributed by atoms with Gasteiger partial charge in [-0.25, -0.2) is 0 Å². The standard InChI is InChI=1S/C10H21NO/c1-4-8(2)11(3)9-5-6-10(12)7-9/h8-10,12H,4-7H2,1-3H3. The van der Waals surface area contributed by atoms with Crippen molar-refractivity contribution in [2.45, 2.75) is 57.7 Å². The second-order valence-electron chi connectivity index (χ2n) is 4.04. The predicted octanol–water partition coefficient (Wildman–Crippen LogP) is 1.63. The molecular weight excluding hydrogens is 150 g/mol. The smallest absolute Gasteiger partial charge is 0.0555 e. The van der Waals surface area contributed by atoms with Gasteiger partial charge in [0.15, 0.2) is 0 Å². The second kappa shape index (κ2) is 4.24. The number of hydrogen-bond acceptors (Lipinski definition) is 2. The molecule has 2 heteroatoms. The summed E-state index contributed by atoms with van der Waals surface area (Å²) in [6.45, 7) is 4.47. The van der Waals surface area contributed by atoms with Crippen molar-refractivity contribution in [2.75, 3.05) is 7.05 Å². The molecule has 0 amide bonds. The quantitative estimate of drug-likeness (QED) is 0.697. The Kier molecular flexibility index (Phi) is 3.53. The topological polar surface area (TPSA) is 23.5 Å². The van der Waals surface area contributed by atoms with Crippen molar-refractivity contribution < 1.29 is 5.11 Å². The van der Waals surface area contributed by atoms with Gasteiger partial charge in [-0.05, 0) is 39.7 Å². The Hall–Kier alpha value is -0.0800. The van der Waals surface area contributed by atoms with Gasteiger partial charge in [0.05, 0.1) is 6.10 Å². The van der Waals surface area contributed by atoms with Crippen LogP contribution in [0.4, 0.5) is 0 Å². The fourth-order valence-electron chi connectivity index (χ4n) is 1.95. The molecule has 12 heavy (non-hydrogen) atoms. The highest BCUT2D eigenvalue weighted by atomic mass is 16.3. The SMILES string of the molecule is CCC(C)N(C)C1CCC(O)C1. The predicted molar refractivity (Wildman–Crippen MR) is 51.2 cm³/mol. The fraction of sp³-hybridized carbons (Fsp3) is 1.00. The van der Waals surface area contributed by atoms with Crippen molar-refractivity contribution in [3.63, 3.8) is 0 Å². The minimum absolute atomic E-state index is 0.0403. The molecule has 0 aromatic rings. The first-order chi connectivity index (χ1) is 5.65. The zero-order valence-corrected chi connectivity index (χ0v) is 8.45. The van der Waals surface area contributed by atoms with Crippen LogP contribution in [0.15, 0.2) is 0 Å². The number of aliphatic hydroxyl groups excluding tert-OH is 1. The van der Waals surface area contributed by atoms with Gasteiger partial charge in [0.2, 0.25) is 0 Å². The molecule has 1 saturated carbocycles. The van der Waals surface area contributed by atoms with Crippen molar-refractivity contribution >= 4 is 0 Å². The molecule has 0 saturated heterocycles. The summed E-state index contributed by atoms with van der Waals surface area (Å²) in [5.74, 6) is 0. The zero-order valence-electron chi connectivity index (χ0n) is 8.45. The number of nitrogens with zero attached hydrogens (tertiary/aromatic N) is 1. The lowest BCUT2D eigenvalue weighted by molar-refractivity contribution is 0.144. The van der Waals surface area contributed by atoms with E-state index in [1.807, 2.05) is 0 Å². The number of hydrogen-bond donors (Lipinski definition) is 1. The first kappa shape index (κ1) is 10.0. The average molecular weight is 171 g/mol. The van der Waals surface area contributed by atoms with Crippen LogP contribution in [-0.2, 0) is 0 Å². The molecule has 1 aliphatic rings. The Labute approximate surface area is 75.6 Å². The summed E-state index contributed by atoms with van der Waals surface area (Å²) in [5, 5.41) is 9.38. The molecule has 0 aromatic carbocycles. The number of rotatable bonds is 3. The van der Waals surface area contributed by atoms with Crippen molar-refractivity contribution in [2.24, 2.45) is 0 Å². The maximum atomic E-state index is 9.38. The van der Waals surface area contributed by atoms with Gasteiger partial charge < -0.3 is 10.0 Å². The summed E-state index contributed by atoms with van der Waals surface area (Å²) >= 11 is 0. The van der Waals surface area contributed by atoms with E-state index in [2.05, 4.69) is 25.8 Å². The van der Waals surface area contributed by atoms with Crippen molar-refractivity contribution in [1.82, 2.24) is 4.90 Å². The third-order valence-corrected chi connectivity index (χ3v) is 3.24. The van der Waals surface area contributed by atoms with E-state index in [4.69, 9.17) is 0 Å². The lowest BCUT2D eigenvalue weighted by Crippen LogP contribution is -2.37. The summed E-state index contributed by atoms with van der Waals surface area (Å²) in [6.07, 6.45) is 4.29. The van der Waals surface area contributed by atoms with Crippen LogP contribution in [0.3, 0.4) is 0 Å². The third kappa shape index (κ3) is 2.20. The summed E-state index contributed by atoms with van der Waals surface area (Å²) in [4.78, 5) is 2.41. The van der Waals surface area contributed by atoms with E-state index < -0.39 is 0 Å². The Balaban J connectivity index is 2.37. The summed E-state index contributed by atoms with van der Waals surface area (Å²) in [5.41, 5.74) is 0. The molecule has 3 unspecified atom stereocenters. The van der Waals surface area contributed by atoms with E-state index in [9.17, 15) is 5.11 Å². The van der Waals surface area contributed by atoms with Crippen molar-refractivity contribution in [3.8, 4) is 0 Å². The van der Waals surface area contributed by atoms with E-state index in [1.54, 1.807) is 0 Å². The van der Waals surface area contributed by atoms with Crippen molar-refractivity contribution in [1.29, 1.82) is 0 Å². The molecule has 1 fully saturated rings. The Morgan fingerprint density at radius 2 is 2.17 bits per heavy atom. The lowest BCUT2D eigenvalue weighted by Gasteiger charge is -2.29. The third-order valence-electron chi connectivity index (χ3n) is 3.24. The van der Waals surface area contributed by atoms with E-state index in [0.29, 0.717) is 12.1 Å². The van der Waals surface area contributed by atoms with E-state index >= 15 is 0 Å². The Bertz CT molecular complexity index is 138. The molecule has 0 aromatic heterocycles. The molecule has 2 nitrogen and oxygen atoms in total. The van der Waals surface area contributed by atoms with Gasteiger partial charge in [0.25, 0.3) is 0 Å². The highest BCUT2D eigenvalue weighted by Gasteiger charge is 2.27. The molecule has 0 heterocycles. The van der Waals surface area contributed by atoms with E-state index in [1.165, 1.54) is 12.8 Å². The first-order valence-corrected chi connectivity index (χ1v) is 5.05. The molecule has 0 radical (unpaired) electrons. The molecular formula is C10H21NO. The van der Waals surface area contributed by atoms with Gasteiger partial charge in [0, 0.05) is 12.1 Å². The highest BCUT2D eigenvalue weighted by molar-refractivity contribution is 4.82. The van der Waals surface area contributed by atoms with Crippen LogP contribution in [-0.4, -0.2) is 35.2 Å². The second-order valence-corrected chi connectivity index (χ2v) is 4.04. The van der Waals surface area contributed by atoms with Crippen LogP contribution in [0.5, 0.6) is 0 Å². The minimum Gasteiger partial charge on any atom is -0.393 e. The average Bonchev–Trinajstić information content (AvgIpc) is 2.49. The first-order valence-electron chi connectivity index (χ1n) is 5.05. The normalized spacial score (nSPS) is 32.8. The van der Waals surface area contributed by atoms with Crippen LogP contribution in [0, 0.1) is 0 Å². The monoisotopic (exact) mass is 171 g/mol. The largest absolute Gasteiger partial charge is 0.393 e. The lowest BCUT2D eigenvalue weighted by atomic mass is 10.1. The van der Waals surface area contributed by atoms with E-state index in [0.717, 1.165) is 12.8 Å². The van der Waals surface area contributed by atoms with Gasteiger partial charge >= 0.3 is 0 Å². The van der Waals surface area contributed by atoms with Crippen LogP contribution < -0.4 is 0 Å². The fourth-order valence-corrected chi connectivity index (χ4v) is 1.95. The van der Waals surface area contributed by atoms with E-state index in [-0.39, 0.29) is 6.10 Å². The molecule has 1 aliphatic carbocycles. The van der Waals surface area contributed by atoms with Crippen LogP contribution in [0.1, 0.15) is 39.5 Å². The maximum Gasteiger partial charge on any atom is 0.0555 e. The van der Waals surface area contributed by atoms with Gasteiger partial charge in [-0.2, -0.15) is 0 Å². The summed E-state index contributed by atoms with van der Waals surface area (Å²) in [7, 11) is 2.18. The Morgan fingerprint density at radius 3 is 2.58 bits per heavy atom. The molecule has 0 spiro atoms. The van der Waals surface area contributed by atoms with Gasteiger partial charge in [-0.1, -0.05) is 6.92 Å². The number of aliphatic hydroxyl groups is 1. The van der Waals surface area contributed by atoms with Crippen molar-refractivity contribution in [3.05, 3.63) is 0 Å². The molecule has 1 rings (SSSR count). The van der Waals surface area contributed by atoms with Gasteiger partial charge in [0.1, 0.15) is 0 Å². The molecule has 0 aliphatic heterocycles. The zero-order chi connectivity index (χ0) is 9.14. The van der Waals surface area contributed by atoms with Crippen LogP contribution in [0.25, 0.3) is 0 Å². The molecule has 0 bridgehead atoms.